The van der Waals surface area contributed by atoms with Crippen molar-refractivity contribution in [2.75, 3.05) is 19.9 Å². The number of carbonyl (C=O) groups excluding carboxylic acids is 1. The maximum absolute atomic E-state index is 13.5. The second-order valence-electron chi connectivity index (χ2n) is 8.88. The number of aryl methyl sites for hydroxylation is 1. The molecule has 3 rings (SSSR count). The van der Waals surface area contributed by atoms with Crippen LogP contribution in [0.5, 0.6) is 11.5 Å². The van der Waals surface area contributed by atoms with Gasteiger partial charge in [-0.1, -0.05) is 38.0 Å². The first-order valence-corrected chi connectivity index (χ1v) is 13.7. The SMILES string of the molecule is C=C1Oc2cc(CCCCC)cc(OP(=O)(CCC(=O)OCC)OC)c2C2C=C(C)CCC12. The van der Waals surface area contributed by atoms with Crippen molar-refractivity contribution in [3.63, 3.8) is 0 Å². The Labute approximate surface area is 197 Å². The van der Waals surface area contributed by atoms with Crippen molar-refractivity contribution in [1.82, 2.24) is 0 Å². The minimum Gasteiger partial charge on any atom is -0.466 e. The molecule has 0 saturated heterocycles. The fourth-order valence-corrected chi connectivity index (χ4v) is 5.84. The van der Waals surface area contributed by atoms with Crippen LogP contribution in [0.25, 0.3) is 0 Å². The van der Waals surface area contributed by atoms with Gasteiger partial charge in [0.1, 0.15) is 17.3 Å². The first-order valence-electron chi connectivity index (χ1n) is 12.0. The molecule has 1 aromatic rings. The molecule has 0 amide bonds. The molecule has 1 aliphatic carbocycles. The van der Waals surface area contributed by atoms with Crippen LogP contribution < -0.4 is 9.26 Å². The number of rotatable bonds is 11. The summed E-state index contributed by atoms with van der Waals surface area (Å²) in [5.74, 6) is 1.77. The van der Waals surface area contributed by atoms with Crippen molar-refractivity contribution >= 4 is 13.6 Å². The van der Waals surface area contributed by atoms with Gasteiger partial charge in [0.25, 0.3) is 0 Å². The van der Waals surface area contributed by atoms with E-state index in [0.29, 0.717) is 11.5 Å². The molecule has 0 fully saturated rings. The molecule has 1 aliphatic heterocycles. The summed E-state index contributed by atoms with van der Waals surface area (Å²) in [5.41, 5.74) is 3.26. The van der Waals surface area contributed by atoms with E-state index in [1.807, 2.05) is 6.07 Å². The predicted octanol–water partition coefficient (Wildman–Crippen LogP) is 6.94. The zero-order valence-corrected chi connectivity index (χ0v) is 21.2. The number of unbranched alkanes of at least 4 members (excludes halogenated alkanes) is 2. The normalized spacial score (nSPS) is 21.2. The van der Waals surface area contributed by atoms with Gasteiger partial charge in [0.05, 0.1) is 19.2 Å². The average Bonchev–Trinajstić information content (AvgIpc) is 2.78. The van der Waals surface area contributed by atoms with Crippen LogP contribution in [0, 0.1) is 5.92 Å². The van der Waals surface area contributed by atoms with E-state index >= 15 is 0 Å². The molecule has 0 N–H and O–H groups in total. The summed E-state index contributed by atoms with van der Waals surface area (Å²) in [4.78, 5) is 11.9. The number of hydrogen-bond donors (Lipinski definition) is 0. The first kappa shape index (κ1) is 25.6. The monoisotopic (exact) mass is 476 g/mol. The van der Waals surface area contributed by atoms with E-state index in [4.69, 9.17) is 18.5 Å². The van der Waals surface area contributed by atoms with Crippen LogP contribution in [0.3, 0.4) is 0 Å². The molecule has 1 aromatic carbocycles. The van der Waals surface area contributed by atoms with E-state index in [2.05, 4.69) is 32.6 Å². The van der Waals surface area contributed by atoms with Crippen LogP contribution in [0.1, 0.15) is 76.3 Å². The van der Waals surface area contributed by atoms with Gasteiger partial charge in [0.15, 0.2) is 0 Å². The van der Waals surface area contributed by atoms with Gasteiger partial charge in [-0.2, -0.15) is 0 Å². The second-order valence-corrected chi connectivity index (χ2v) is 11.1. The van der Waals surface area contributed by atoms with E-state index in [1.54, 1.807) is 6.92 Å². The Morgan fingerprint density at radius 1 is 1.27 bits per heavy atom. The minimum absolute atomic E-state index is 0.0320. The van der Waals surface area contributed by atoms with Gasteiger partial charge in [0, 0.05) is 24.5 Å². The molecule has 3 atom stereocenters. The van der Waals surface area contributed by atoms with E-state index in [9.17, 15) is 9.36 Å². The third kappa shape index (κ3) is 6.30. The van der Waals surface area contributed by atoms with Crippen LogP contribution >= 0.6 is 7.60 Å². The van der Waals surface area contributed by atoms with Crippen LogP contribution in [-0.2, 0) is 25.0 Å². The van der Waals surface area contributed by atoms with Gasteiger partial charge < -0.3 is 18.5 Å². The van der Waals surface area contributed by atoms with Gasteiger partial charge in [-0.25, -0.2) is 4.57 Å². The molecule has 1 heterocycles. The molecule has 7 heteroatoms. The van der Waals surface area contributed by atoms with Crippen molar-refractivity contribution in [2.45, 2.75) is 71.6 Å². The van der Waals surface area contributed by atoms with Crippen molar-refractivity contribution in [2.24, 2.45) is 5.92 Å². The molecule has 182 valence electrons. The minimum atomic E-state index is -3.57. The highest BCUT2D eigenvalue weighted by molar-refractivity contribution is 7.54. The van der Waals surface area contributed by atoms with Crippen LogP contribution in [0.15, 0.2) is 36.1 Å². The standard InChI is InChI=1S/C26H37O6P/c1-6-8-9-10-20-16-23-26(22-15-18(3)11-12-21(22)19(4)31-23)24(17-20)32-33(28,29-5)14-13-25(27)30-7-2/h15-17,21-22H,4,6-14H2,1-3,5H3. The number of allylic oxidation sites excluding steroid dienone is 3. The Bertz CT molecular complexity index is 950. The van der Waals surface area contributed by atoms with Crippen LogP contribution in [0.2, 0.25) is 0 Å². The van der Waals surface area contributed by atoms with Gasteiger partial charge in [-0.15, -0.1) is 0 Å². The molecular formula is C26H37O6P. The Morgan fingerprint density at radius 3 is 2.76 bits per heavy atom. The molecule has 0 bridgehead atoms. The second kappa shape index (κ2) is 11.4. The smallest absolute Gasteiger partial charge is 0.379 e. The van der Waals surface area contributed by atoms with Crippen molar-refractivity contribution < 1.29 is 27.9 Å². The number of benzene rings is 1. The highest BCUT2D eigenvalue weighted by atomic mass is 31.2. The quantitative estimate of drug-likeness (QED) is 0.149. The van der Waals surface area contributed by atoms with E-state index < -0.39 is 13.6 Å². The van der Waals surface area contributed by atoms with Crippen LogP contribution in [-0.4, -0.2) is 25.8 Å². The lowest BCUT2D eigenvalue weighted by Gasteiger charge is -2.38. The molecule has 0 aromatic heterocycles. The van der Waals surface area contributed by atoms with E-state index in [1.165, 1.54) is 12.7 Å². The van der Waals surface area contributed by atoms with Gasteiger partial charge in [-0.05, 0) is 57.2 Å². The van der Waals surface area contributed by atoms with Crippen molar-refractivity contribution in [3.05, 3.63) is 47.2 Å². The number of ether oxygens (including phenoxy) is 2. The Morgan fingerprint density at radius 2 is 2.06 bits per heavy atom. The molecule has 6 nitrogen and oxygen atoms in total. The molecular weight excluding hydrogens is 439 g/mol. The third-order valence-corrected chi connectivity index (χ3v) is 8.18. The Balaban J connectivity index is 1.99. The van der Waals surface area contributed by atoms with Gasteiger partial charge in [0.2, 0.25) is 0 Å². The fourth-order valence-electron chi connectivity index (χ4n) is 4.58. The third-order valence-electron chi connectivity index (χ3n) is 6.38. The number of esters is 1. The Hall–Kier alpha value is -2.04. The maximum atomic E-state index is 13.5. The molecule has 33 heavy (non-hydrogen) atoms. The topological polar surface area (TPSA) is 71.1 Å². The first-order chi connectivity index (χ1) is 15.8. The molecule has 0 spiro atoms. The summed E-state index contributed by atoms with van der Waals surface area (Å²) < 4.78 is 36.1. The van der Waals surface area contributed by atoms with Crippen LogP contribution in [0.4, 0.5) is 0 Å². The summed E-state index contributed by atoms with van der Waals surface area (Å²) in [7, 11) is -2.22. The maximum Gasteiger partial charge on any atom is 0.379 e. The molecule has 2 aliphatic rings. The zero-order chi connectivity index (χ0) is 24.0. The fraction of sp³-hybridized carbons (Fsp3) is 0.577. The predicted molar refractivity (Wildman–Crippen MR) is 130 cm³/mol. The van der Waals surface area contributed by atoms with Gasteiger partial charge in [-0.3, -0.25) is 4.79 Å². The average molecular weight is 477 g/mol. The molecule has 3 unspecified atom stereocenters. The largest absolute Gasteiger partial charge is 0.466 e. The molecule has 0 saturated carbocycles. The summed E-state index contributed by atoms with van der Waals surface area (Å²) in [5, 5.41) is 0. The lowest BCUT2D eigenvalue weighted by molar-refractivity contribution is -0.142. The highest BCUT2D eigenvalue weighted by Gasteiger charge is 2.39. The van der Waals surface area contributed by atoms with E-state index in [0.717, 1.165) is 55.4 Å². The summed E-state index contributed by atoms with van der Waals surface area (Å²) in [6.07, 6.45) is 8.30. The van der Waals surface area contributed by atoms with Crippen molar-refractivity contribution in [3.8, 4) is 11.5 Å². The summed E-state index contributed by atoms with van der Waals surface area (Å²) in [6, 6.07) is 4.03. The lowest BCUT2D eigenvalue weighted by atomic mass is 9.74. The van der Waals surface area contributed by atoms with E-state index in [-0.39, 0.29) is 31.0 Å². The van der Waals surface area contributed by atoms with Crippen molar-refractivity contribution in [1.29, 1.82) is 0 Å². The number of fused-ring (bicyclic) bond motifs is 3. The zero-order valence-electron chi connectivity index (χ0n) is 20.4. The lowest BCUT2D eigenvalue weighted by Crippen LogP contribution is -2.26. The number of hydrogen-bond acceptors (Lipinski definition) is 6. The summed E-state index contributed by atoms with van der Waals surface area (Å²) in [6.45, 7) is 10.5. The number of carbonyl (C=O) groups is 1. The summed E-state index contributed by atoms with van der Waals surface area (Å²) >= 11 is 0. The Kier molecular flexibility index (Phi) is 8.83. The van der Waals surface area contributed by atoms with Gasteiger partial charge >= 0.3 is 13.6 Å². The molecule has 0 radical (unpaired) electrons. The highest BCUT2D eigenvalue weighted by Crippen LogP contribution is 2.56.